The standard InChI is InChI=1S/C37H61N11O9S/c1-20(2)16-26(34(55)45-24(31(39)52)13-15-58-5)44-28(49)19-43-36(57)30(21(3)4)48-35(56)27(17-22-10-7-6-8-11-22)47-33(54)25(12-9-14-42-37(40)41)46-32(53)23(38)18-29(50)51/h6-8,10-11,20-21,23-27,30H,9,12-19,38H2,1-5H3,(H2,39,52)(H,43,57)(H,44,49)(H,45,55)(H,46,53)(H,47,54)(H,48,56)(H,50,51)(H4,40,41,42)/t23-,24-,25-,26-,27-,30-/m0/s1. The molecular weight excluding hydrogens is 775 g/mol. The molecule has 1 rings (SSSR count). The number of primary amides is 1. The molecule has 58 heavy (non-hydrogen) atoms. The van der Waals surface area contributed by atoms with Gasteiger partial charge < -0.3 is 59.9 Å². The zero-order valence-corrected chi connectivity index (χ0v) is 34.6. The van der Waals surface area contributed by atoms with E-state index in [-0.39, 0.29) is 44.1 Å². The van der Waals surface area contributed by atoms with Crippen molar-refractivity contribution in [2.45, 2.75) is 102 Å². The number of carbonyl (C=O) groups excluding carboxylic acids is 7. The summed E-state index contributed by atoms with van der Waals surface area (Å²) >= 11 is 1.48. The Morgan fingerprint density at radius 3 is 1.88 bits per heavy atom. The zero-order chi connectivity index (χ0) is 43.9. The van der Waals surface area contributed by atoms with Gasteiger partial charge in [-0.15, -0.1) is 0 Å². The number of benzene rings is 1. The van der Waals surface area contributed by atoms with Crippen LogP contribution in [0.3, 0.4) is 0 Å². The third kappa shape index (κ3) is 20.1. The van der Waals surface area contributed by atoms with Crippen LogP contribution < -0.4 is 54.8 Å². The summed E-state index contributed by atoms with van der Waals surface area (Å²) in [5, 5.41) is 24.5. The van der Waals surface area contributed by atoms with Gasteiger partial charge in [0.05, 0.1) is 19.0 Å². The maximum absolute atomic E-state index is 13.9. The van der Waals surface area contributed by atoms with Crippen molar-refractivity contribution in [3.63, 3.8) is 0 Å². The van der Waals surface area contributed by atoms with Crippen molar-refractivity contribution in [2.75, 3.05) is 25.1 Å². The second kappa shape index (κ2) is 26.5. The zero-order valence-electron chi connectivity index (χ0n) is 33.7. The van der Waals surface area contributed by atoms with Crippen LogP contribution >= 0.6 is 11.8 Å². The van der Waals surface area contributed by atoms with Gasteiger partial charge in [-0.3, -0.25) is 43.3 Å². The fourth-order valence-electron chi connectivity index (χ4n) is 5.47. The Morgan fingerprint density at radius 2 is 1.33 bits per heavy atom. The Labute approximate surface area is 343 Å². The predicted octanol–water partition coefficient (Wildman–Crippen LogP) is -2.43. The van der Waals surface area contributed by atoms with Crippen LogP contribution in [0.15, 0.2) is 35.3 Å². The van der Waals surface area contributed by atoms with Crippen molar-refractivity contribution in [1.82, 2.24) is 31.9 Å². The summed E-state index contributed by atoms with van der Waals surface area (Å²) in [6.07, 6.45) is 1.84. The molecule has 0 heterocycles. The summed E-state index contributed by atoms with van der Waals surface area (Å²) in [5.74, 6) is -6.69. The summed E-state index contributed by atoms with van der Waals surface area (Å²) in [5.41, 5.74) is 22.6. The van der Waals surface area contributed by atoms with E-state index < -0.39 is 102 Å². The monoisotopic (exact) mass is 835 g/mol. The number of amides is 7. The van der Waals surface area contributed by atoms with Gasteiger partial charge in [-0.25, -0.2) is 0 Å². The van der Waals surface area contributed by atoms with Crippen molar-refractivity contribution in [2.24, 2.45) is 39.8 Å². The molecule has 6 atom stereocenters. The molecule has 0 spiro atoms. The Bertz CT molecular complexity index is 1580. The van der Waals surface area contributed by atoms with Crippen LogP contribution in [-0.4, -0.2) is 120 Å². The highest BCUT2D eigenvalue weighted by Gasteiger charge is 2.33. The molecule has 15 N–H and O–H groups in total. The lowest BCUT2D eigenvalue weighted by Crippen LogP contribution is -2.59. The summed E-state index contributed by atoms with van der Waals surface area (Å²) in [6, 6.07) is 1.48. The van der Waals surface area contributed by atoms with Gasteiger partial charge in [-0.1, -0.05) is 58.0 Å². The highest BCUT2D eigenvalue weighted by atomic mass is 32.2. The van der Waals surface area contributed by atoms with Crippen molar-refractivity contribution in [1.29, 1.82) is 0 Å². The number of nitrogens with zero attached hydrogens (tertiary/aromatic N) is 1. The van der Waals surface area contributed by atoms with Crippen LogP contribution in [0.5, 0.6) is 0 Å². The van der Waals surface area contributed by atoms with Crippen LogP contribution in [0.1, 0.15) is 65.4 Å². The van der Waals surface area contributed by atoms with Gasteiger partial charge in [0.2, 0.25) is 41.4 Å². The minimum Gasteiger partial charge on any atom is -0.481 e. The van der Waals surface area contributed by atoms with Gasteiger partial charge in [0.25, 0.3) is 0 Å². The van der Waals surface area contributed by atoms with Gasteiger partial charge in [-0.05, 0) is 55.1 Å². The minimum absolute atomic E-state index is 0.0175. The Morgan fingerprint density at radius 1 is 0.741 bits per heavy atom. The van der Waals surface area contributed by atoms with E-state index >= 15 is 0 Å². The van der Waals surface area contributed by atoms with E-state index in [1.807, 2.05) is 20.1 Å². The van der Waals surface area contributed by atoms with E-state index in [9.17, 15) is 38.4 Å². The topological polar surface area (TPSA) is 345 Å². The van der Waals surface area contributed by atoms with Crippen molar-refractivity contribution in [3.8, 4) is 0 Å². The highest BCUT2D eigenvalue weighted by Crippen LogP contribution is 2.10. The van der Waals surface area contributed by atoms with Gasteiger partial charge >= 0.3 is 5.97 Å². The van der Waals surface area contributed by atoms with Gasteiger partial charge in [-0.2, -0.15) is 11.8 Å². The second-order valence-corrected chi connectivity index (χ2v) is 15.4. The number of hydrogen-bond acceptors (Lipinski definition) is 11. The number of carbonyl (C=O) groups is 8. The first-order valence-corrected chi connectivity index (χ1v) is 20.3. The number of carboxylic acid groups (broad SMARTS) is 1. The molecule has 21 heteroatoms. The van der Waals surface area contributed by atoms with Crippen LogP contribution in [-0.2, 0) is 44.8 Å². The number of carboxylic acids is 1. The minimum atomic E-state index is -1.47. The summed E-state index contributed by atoms with van der Waals surface area (Å²) < 4.78 is 0. The molecule has 0 aromatic heterocycles. The molecule has 0 aliphatic rings. The molecule has 0 unspecified atom stereocenters. The molecule has 1 aromatic rings. The molecule has 0 fully saturated rings. The lowest BCUT2D eigenvalue weighted by molar-refractivity contribution is -0.140. The number of rotatable bonds is 27. The summed E-state index contributed by atoms with van der Waals surface area (Å²) in [7, 11) is 0. The molecule has 0 saturated carbocycles. The molecule has 20 nitrogen and oxygen atoms in total. The Balaban J connectivity index is 3.20. The van der Waals surface area contributed by atoms with Gasteiger partial charge in [0.1, 0.15) is 30.2 Å². The lowest BCUT2D eigenvalue weighted by Gasteiger charge is -2.27. The van der Waals surface area contributed by atoms with E-state index in [4.69, 9.17) is 28.0 Å². The normalized spacial score (nSPS) is 14.1. The highest BCUT2D eigenvalue weighted by molar-refractivity contribution is 7.98. The fraction of sp³-hybridized carbons (Fsp3) is 0.595. The number of hydrogen-bond donors (Lipinski definition) is 11. The maximum Gasteiger partial charge on any atom is 0.305 e. The number of thioether (sulfide) groups is 1. The smallest absolute Gasteiger partial charge is 0.305 e. The average molecular weight is 836 g/mol. The third-order valence-electron chi connectivity index (χ3n) is 8.52. The third-order valence-corrected chi connectivity index (χ3v) is 9.17. The largest absolute Gasteiger partial charge is 0.481 e. The van der Waals surface area contributed by atoms with Crippen LogP contribution in [0.25, 0.3) is 0 Å². The number of aliphatic carboxylic acids is 1. The van der Waals surface area contributed by atoms with Crippen molar-refractivity contribution in [3.05, 3.63) is 35.9 Å². The molecule has 0 radical (unpaired) electrons. The molecule has 0 bridgehead atoms. The molecule has 324 valence electrons. The fourth-order valence-corrected chi connectivity index (χ4v) is 5.94. The Hall–Kier alpha value is -5.44. The number of guanidine groups is 1. The Kier molecular flexibility index (Phi) is 23.1. The van der Waals surface area contributed by atoms with E-state index in [1.54, 1.807) is 44.2 Å². The average Bonchev–Trinajstić information content (AvgIpc) is 3.14. The molecule has 0 aliphatic carbocycles. The van der Waals surface area contributed by atoms with Crippen molar-refractivity contribution >= 4 is 65.0 Å². The van der Waals surface area contributed by atoms with Gasteiger partial charge in [0.15, 0.2) is 5.96 Å². The number of aliphatic imine (C=N–C) groups is 1. The molecular formula is C37H61N11O9S. The molecule has 0 aliphatic heterocycles. The molecule has 0 saturated heterocycles. The lowest BCUT2D eigenvalue weighted by atomic mass is 10.0. The first-order valence-electron chi connectivity index (χ1n) is 18.9. The predicted molar refractivity (Wildman–Crippen MR) is 219 cm³/mol. The van der Waals surface area contributed by atoms with E-state index in [0.29, 0.717) is 17.7 Å². The number of nitrogens with two attached hydrogens (primary N) is 4. The second-order valence-electron chi connectivity index (χ2n) is 14.4. The summed E-state index contributed by atoms with van der Waals surface area (Å²) in [4.78, 5) is 107. The van der Waals surface area contributed by atoms with E-state index in [1.165, 1.54) is 11.8 Å². The first kappa shape index (κ1) is 50.6. The maximum atomic E-state index is 13.9. The van der Waals surface area contributed by atoms with Crippen LogP contribution in [0, 0.1) is 11.8 Å². The van der Waals surface area contributed by atoms with Crippen LogP contribution in [0.2, 0.25) is 0 Å². The summed E-state index contributed by atoms with van der Waals surface area (Å²) in [6.45, 7) is 6.56. The van der Waals surface area contributed by atoms with Gasteiger partial charge in [0, 0.05) is 13.0 Å². The van der Waals surface area contributed by atoms with Crippen LogP contribution in [0.4, 0.5) is 0 Å². The SMILES string of the molecule is CSCC[C@H](NC(=O)[C@H](CC(C)C)NC(=O)CNC(=O)[C@@H](NC(=O)[C@H](Cc1ccccc1)NC(=O)[C@H](CCCN=C(N)N)NC(=O)[C@@H](N)CC(=O)O)C(C)C)C(N)=O. The van der Waals surface area contributed by atoms with E-state index in [2.05, 4.69) is 36.9 Å². The molecule has 1 aromatic carbocycles. The van der Waals surface area contributed by atoms with Crippen molar-refractivity contribution < 1.29 is 43.5 Å². The molecule has 7 amide bonds. The quantitative estimate of drug-likeness (QED) is 0.0250. The first-order chi connectivity index (χ1) is 27.2. The number of nitrogens with one attached hydrogen (secondary N) is 6. The van der Waals surface area contributed by atoms with E-state index in [0.717, 1.165) is 0 Å².